The number of allylic oxidation sites excluding steroid dienone is 1. The second-order valence-corrected chi connectivity index (χ2v) is 7.65. The van der Waals surface area contributed by atoms with Crippen LogP contribution in [0.2, 0.25) is 0 Å². The molecule has 0 unspecified atom stereocenters. The Hall–Kier alpha value is -1.77. The molecule has 1 saturated heterocycles. The monoisotopic (exact) mass is 374 g/mol. The summed E-state index contributed by atoms with van der Waals surface area (Å²) in [4.78, 5) is 4.82. The van der Waals surface area contributed by atoms with Crippen LogP contribution in [0.4, 0.5) is 0 Å². The molecule has 0 radical (unpaired) electrons. The highest BCUT2D eigenvalue weighted by atomic mass is 32.1. The molecule has 0 atom stereocenters. The number of rotatable bonds is 7. The van der Waals surface area contributed by atoms with Gasteiger partial charge in [-0.1, -0.05) is 11.2 Å². The Morgan fingerprint density at radius 2 is 2.00 bits per heavy atom. The van der Waals surface area contributed by atoms with Crippen molar-refractivity contribution in [2.75, 3.05) is 26.2 Å². The summed E-state index contributed by atoms with van der Waals surface area (Å²) in [6.45, 7) is 12.2. The number of hydrogen-bond donors (Lipinski definition) is 0. The largest absolute Gasteiger partial charge is 0.360 e. The molecule has 2 aromatic rings. The first-order valence-electron chi connectivity index (χ1n) is 9.29. The highest BCUT2D eigenvalue weighted by molar-refractivity contribution is 7.71. The van der Waals surface area contributed by atoms with Crippen molar-refractivity contribution in [3.63, 3.8) is 0 Å². The van der Waals surface area contributed by atoms with Crippen molar-refractivity contribution in [2.24, 2.45) is 0 Å². The Kier molecular flexibility index (Phi) is 5.06. The number of aryl methyl sites for hydroxylation is 1. The molecule has 0 N–H and O–H groups in total. The molecule has 3 heterocycles. The van der Waals surface area contributed by atoms with Crippen LogP contribution in [0.5, 0.6) is 0 Å². The zero-order valence-corrected chi connectivity index (χ0v) is 16.1. The molecule has 0 amide bonds. The third-order valence-corrected chi connectivity index (χ3v) is 5.49. The molecule has 4 rings (SSSR count). The Morgan fingerprint density at radius 1 is 1.27 bits per heavy atom. The Balaban J connectivity index is 1.36. The first-order chi connectivity index (χ1) is 12.6. The zero-order chi connectivity index (χ0) is 18.1. The normalized spacial score (nSPS) is 19.1. The third-order valence-electron chi connectivity index (χ3n) is 5.06. The molecule has 1 aliphatic heterocycles. The number of nitrogens with zero attached hydrogens (tertiary/aromatic N) is 6. The van der Waals surface area contributed by atoms with Gasteiger partial charge in [-0.3, -0.25) is 14.4 Å². The van der Waals surface area contributed by atoms with Gasteiger partial charge in [0.2, 0.25) is 0 Å². The summed E-state index contributed by atoms with van der Waals surface area (Å²) in [5, 5.41) is 8.79. The lowest BCUT2D eigenvalue weighted by atomic mass is 10.3. The summed E-state index contributed by atoms with van der Waals surface area (Å²) in [6.07, 6.45) is 4.35. The van der Waals surface area contributed by atoms with Gasteiger partial charge in [0.05, 0.1) is 18.9 Å². The molecule has 0 aromatic carbocycles. The van der Waals surface area contributed by atoms with Gasteiger partial charge in [-0.15, -0.1) is 6.58 Å². The molecule has 2 aliphatic rings. The maximum atomic E-state index is 5.67. The fourth-order valence-electron chi connectivity index (χ4n) is 3.48. The fourth-order valence-corrected chi connectivity index (χ4v) is 3.75. The second-order valence-electron chi connectivity index (χ2n) is 7.28. The standard InChI is InChI=1S/C18H26N6OS/c1-3-6-23-17(15-4-5-15)19-24(18(23)26)13-22-9-7-21(8-10-22)12-16-11-14(2)20-25-16/h3,11,15H,1,4-10,12-13H2,2H3. The van der Waals surface area contributed by atoms with Crippen molar-refractivity contribution in [3.05, 3.63) is 40.8 Å². The molecule has 140 valence electrons. The maximum absolute atomic E-state index is 5.67. The summed E-state index contributed by atoms with van der Waals surface area (Å²) >= 11 is 5.67. The van der Waals surface area contributed by atoms with E-state index < -0.39 is 0 Å². The van der Waals surface area contributed by atoms with Crippen molar-refractivity contribution in [1.82, 2.24) is 29.3 Å². The van der Waals surface area contributed by atoms with E-state index in [4.69, 9.17) is 21.8 Å². The molecule has 0 spiro atoms. The first kappa shape index (κ1) is 17.6. The molecule has 1 saturated carbocycles. The van der Waals surface area contributed by atoms with Crippen molar-refractivity contribution in [3.8, 4) is 0 Å². The molecule has 8 heteroatoms. The minimum Gasteiger partial charge on any atom is -0.360 e. The Morgan fingerprint density at radius 3 is 2.62 bits per heavy atom. The lowest BCUT2D eigenvalue weighted by Gasteiger charge is -2.33. The van der Waals surface area contributed by atoms with Gasteiger partial charge in [-0.05, 0) is 32.0 Å². The summed E-state index contributed by atoms with van der Waals surface area (Å²) in [7, 11) is 0. The van der Waals surface area contributed by atoms with E-state index in [0.29, 0.717) is 5.92 Å². The average Bonchev–Trinajstić information content (AvgIpc) is 3.33. The predicted octanol–water partition coefficient (Wildman–Crippen LogP) is 2.55. The van der Waals surface area contributed by atoms with Gasteiger partial charge >= 0.3 is 0 Å². The summed E-state index contributed by atoms with van der Waals surface area (Å²) < 4.78 is 10.3. The average molecular weight is 375 g/mol. The second kappa shape index (κ2) is 7.46. The van der Waals surface area contributed by atoms with E-state index in [-0.39, 0.29) is 0 Å². The van der Waals surface area contributed by atoms with Crippen molar-refractivity contribution >= 4 is 12.2 Å². The van der Waals surface area contributed by atoms with Gasteiger partial charge in [0.15, 0.2) is 10.5 Å². The predicted molar refractivity (Wildman–Crippen MR) is 101 cm³/mol. The van der Waals surface area contributed by atoms with Crippen LogP contribution in [0.25, 0.3) is 0 Å². The zero-order valence-electron chi connectivity index (χ0n) is 15.3. The van der Waals surface area contributed by atoms with E-state index in [0.717, 1.165) is 68.0 Å². The van der Waals surface area contributed by atoms with E-state index in [2.05, 4.69) is 26.1 Å². The first-order valence-corrected chi connectivity index (χ1v) is 9.70. The van der Waals surface area contributed by atoms with Crippen LogP contribution in [0.1, 0.15) is 36.0 Å². The minimum absolute atomic E-state index is 0.583. The van der Waals surface area contributed by atoms with Gasteiger partial charge in [0.1, 0.15) is 5.82 Å². The SMILES string of the molecule is C=CCn1c(C2CC2)nn(CN2CCN(Cc3cc(C)no3)CC2)c1=S. The van der Waals surface area contributed by atoms with Crippen molar-refractivity contribution in [1.29, 1.82) is 0 Å². The van der Waals surface area contributed by atoms with Crippen LogP contribution in [-0.4, -0.2) is 55.5 Å². The highest BCUT2D eigenvalue weighted by Gasteiger charge is 2.30. The Labute approximate surface area is 158 Å². The molecular weight excluding hydrogens is 348 g/mol. The van der Waals surface area contributed by atoms with Gasteiger partial charge in [-0.25, -0.2) is 4.68 Å². The third kappa shape index (κ3) is 3.82. The fraction of sp³-hybridized carbons (Fsp3) is 0.611. The minimum atomic E-state index is 0.583. The lowest BCUT2D eigenvalue weighted by Crippen LogP contribution is -2.46. The van der Waals surface area contributed by atoms with Crippen LogP contribution in [-0.2, 0) is 19.8 Å². The number of aromatic nitrogens is 4. The molecule has 2 fully saturated rings. The van der Waals surface area contributed by atoms with E-state index in [1.807, 2.05) is 23.7 Å². The van der Waals surface area contributed by atoms with E-state index in [9.17, 15) is 0 Å². The van der Waals surface area contributed by atoms with Crippen molar-refractivity contribution in [2.45, 2.75) is 45.4 Å². The molecule has 1 aliphatic carbocycles. The highest BCUT2D eigenvalue weighted by Crippen LogP contribution is 2.39. The summed E-state index contributed by atoms with van der Waals surface area (Å²) in [6, 6.07) is 2.01. The quantitative estimate of drug-likeness (QED) is 0.548. The van der Waals surface area contributed by atoms with Crippen LogP contribution in [0.3, 0.4) is 0 Å². The van der Waals surface area contributed by atoms with Gasteiger partial charge in [0.25, 0.3) is 0 Å². The molecule has 0 bridgehead atoms. The van der Waals surface area contributed by atoms with E-state index >= 15 is 0 Å². The topological polar surface area (TPSA) is 55.3 Å². The Bertz CT molecular complexity index is 825. The van der Waals surface area contributed by atoms with Crippen LogP contribution < -0.4 is 0 Å². The van der Waals surface area contributed by atoms with E-state index in [1.165, 1.54) is 12.8 Å². The number of hydrogen-bond acceptors (Lipinski definition) is 6. The molecular formula is C18H26N6OS. The van der Waals surface area contributed by atoms with Gasteiger partial charge in [0, 0.05) is 44.7 Å². The molecule has 2 aromatic heterocycles. The van der Waals surface area contributed by atoms with Crippen LogP contribution in [0.15, 0.2) is 23.2 Å². The summed E-state index contributed by atoms with van der Waals surface area (Å²) in [5.74, 6) is 2.66. The summed E-state index contributed by atoms with van der Waals surface area (Å²) in [5.41, 5.74) is 0.939. The molecule has 7 nitrogen and oxygen atoms in total. The lowest BCUT2D eigenvalue weighted by molar-refractivity contribution is 0.0918. The maximum Gasteiger partial charge on any atom is 0.199 e. The van der Waals surface area contributed by atoms with Crippen molar-refractivity contribution < 1.29 is 4.52 Å². The van der Waals surface area contributed by atoms with Gasteiger partial charge in [-0.2, -0.15) is 5.10 Å². The smallest absolute Gasteiger partial charge is 0.199 e. The molecule has 26 heavy (non-hydrogen) atoms. The van der Waals surface area contributed by atoms with Crippen LogP contribution in [0, 0.1) is 11.7 Å². The van der Waals surface area contributed by atoms with Gasteiger partial charge < -0.3 is 4.52 Å². The van der Waals surface area contributed by atoms with E-state index in [1.54, 1.807) is 0 Å². The number of piperazine rings is 1. The van der Waals surface area contributed by atoms with Crippen LogP contribution >= 0.6 is 12.2 Å².